The standard InChI is InChI=1S/C22H23N3O3/c1-16-7-9-17(10-8-16)20-13-25-12-19(27-14-21(25)24-20)11-23-22(26)15-28-18-5-3-2-4-6-18/h2-10,13,19H,11-12,14-15H2,1H3,(H,23,26)/t19-/m0/s1. The number of aryl methyl sites for hydroxylation is 1. The highest BCUT2D eigenvalue weighted by Gasteiger charge is 2.21. The number of fused-ring (bicyclic) bond motifs is 1. The summed E-state index contributed by atoms with van der Waals surface area (Å²) in [7, 11) is 0. The van der Waals surface area contributed by atoms with Gasteiger partial charge in [0, 0.05) is 18.3 Å². The topological polar surface area (TPSA) is 65.4 Å². The summed E-state index contributed by atoms with van der Waals surface area (Å²) in [5, 5.41) is 2.88. The molecule has 1 amide bonds. The first-order valence-electron chi connectivity index (χ1n) is 9.36. The third-order valence-corrected chi connectivity index (χ3v) is 4.70. The van der Waals surface area contributed by atoms with Gasteiger partial charge in [-0.15, -0.1) is 0 Å². The van der Waals surface area contributed by atoms with Gasteiger partial charge in [0.25, 0.3) is 5.91 Å². The fourth-order valence-corrected chi connectivity index (χ4v) is 3.12. The van der Waals surface area contributed by atoms with Crippen molar-refractivity contribution in [3.8, 4) is 17.0 Å². The molecule has 1 N–H and O–H groups in total. The van der Waals surface area contributed by atoms with Crippen LogP contribution in [0.2, 0.25) is 0 Å². The minimum atomic E-state index is -0.163. The van der Waals surface area contributed by atoms with E-state index < -0.39 is 0 Å². The maximum atomic E-state index is 12.0. The number of rotatable bonds is 6. The van der Waals surface area contributed by atoms with Crippen LogP contribution in [-0.4, -0.2) is 34.7 Å². The number of carbonyl (C=O) groups excluding carboxylic acids is 1. The molecule has 1 atom stereocenters. The molecule has 6 nitrogen and oxygen atoms in total. The molecule has 144 valence electrons. The normalized spacial score (nSPS) is 15.7. The fourth-order valence-electron chi connectivity index (χ4n) is 3.12. The molecule has 0 saturated heterocycles. The van der Waals surface area contributed by atoms with Crippen molar-refractivity contribution in [2.24, 2.45) is 0 Å². The Hall–Kier alpha value is -3.12. The lowest BCUT2D eigenvalue weighted by Gasteiger charge is -2.24. The maximum Gasteiger partial charge on any atom is 0.258 e. The molecule has 1 aromatic heterocycles. The Bertz CT molecular complexity index is 935. The quantitative estimate of drug-likeness (QED) is 0.717. The number of para-hydroxylation sites is 1. The van der Waals surface area contributed by atoms with Gasteiger partial charge >= 0.3 is 0 Å². The monoisotopic (exact) mass is 377 g/mol. The van der Waals surface area contributed by atoms with E-state index in [1.54, 1.807) is 0 Å². The van der Waals surface area contributed by atoms with Crippen LogP contribution in [0.3, 0.4) is 0 Å². The van der Waals surface area contributed by atoms with Gasteiger partial charge < -0.3 is 19.4 Å². The molecule has 0 aliphatic carbocycles. The predicted octanol–water partition coefficient (Wildman–Crippen LogP) is 2.95. The molecular formula is C22H23N3O3. The zero-order valence-corrected chi connectivity index (χ0v) is 15.8. The Balaban J connectivity index is 1.29. The molecular weight excluding hydrogens is 354 g/mol. The Morgan fingerprint density at radius 3 is 2.79 bits per heavy atom. The van der Waals surface area contributed by atoms with E-state index in [-0.39, 0.29) is 18.6 Å². The number of ether oxygens (including phenoxy) is 2. The minimum Gasteiger partial charge on any atom is -0.484 e. The molecule has 0 spiro atoms. The SMILES string of the molecule is Cc1ccc(-c2cn3c(n2)CO[C@@H](CNC(=O)COc2ccccc2)C3)cc1. The second kappa shape index (κ2) is 8.27. The van der Waals surface area contributed by atoms with Crippen molar-refractivity contribution in [2.45, 2.75) is 26.2 Å². The summed E-state index contributed by atoms with van der Waals surface area (Å²) in [5.74, 6) is 1.42. The second-order valence-corrected chi connectivity index (χ2v) is 6.90. The predicted molar refractivity (Wildman–Crippen MR) is 106 cm³/mol. The summed E-state index contributed by atoms with van der Waals surface area (Å²) >= 11 is 0. The lowest BCUT2D eigenvalue weighted by atomic mass is 10.1. The third-order valence-electron chi connectivity index (χ3n) is 4.70. The van der Waals surface area contributed by atoms with Crippen molar-refractivity contribution in [1.29, 1.82) is 0 Å². The fraction of sp³-hybridized carbons (Fsp3) is 0.273. The van der Waals surface area contributed by atoms with Gasteiger partial charge in [0.1, 0.15) is 18.2 Å². The molecule has 0 unspecified atom stereocenters. The maximum absolute atomic E-state index is 12.0. The van der Waals surface area contributed by atoms with Crippen molar-refractivity contribution in [1.82, 2.24) is 14.9 Å². The van der Waals surface area contributed by atoms with E-state index in [0.717, 1.165) is 17.1 Å². The second-order valence-electron chi connectivity index (χ2n) is 6.90. The van der Waals surface area contributed by atoms with Crippen LogP contribution < -0.4 is 10.1 Å². The number of hydrogen-bond donors (Lipinski definition) is 1. The van der Waals surface area contributed by atoms with Gasteiger partial charge in [-0.05, 0) is 19.1 Å². The lowest BCUT2D eigenvalue weighted by Crippen LogP contribution is -2.40. The number of benzene rings is 2. The van der Waals surface area contributed by atoms with Crippen molar-refractivity contribution in [3.63, 3.8) is 0 Å². The first-order chi connectivity index (χ1) is 13.7. The third kappa shape index (κ3) is 4.40. The van der Waals surface area contributed by atoms with Gasteiger partial charge in [0.15, 0.2) is 6.61 Å². The number of carbonyl (C=O) groups is 1. The van der Waals surface area contributed by atoms with E-state index in [1.807, 2.05) is 30.3 Å². The molecule has 2 aromatic carbocycles. The molecule has 28 heavy (non-hydrogen) atoms. The average Bonchev–Trinajstić information content (AvgIpc) is 3.15. The number of hydrogen-bond acceptors (Lipinski definition) is 4. The molecule has 4 rings (SSSR count). The van der Waals surface area contributed by atoms with E-state index in [9.17, 15) is 4.79 Å². The zero-order chi connectivity index (χ0) is 19.3. The largest absolute Gasteiger partial charge is 0.484 e. The zero-order valence-electron chi connectivity index (χ0n) is 15.8. The lowest BCUT2D eigenvalue weighted by molar-refractivity contribution is -0.124. The van der Waals surface area contributed by atoms with Crippen LogP contribution in [0, 0.1) is 6.92 Å². The highest BCUT2D eigenvalue weighted by Crippen LogP contribution is 2.22. The van der Waals surface area contributed by atoms with Crippen LogP contribution >= 0.6 is 0 Å². The van der Waals surface area contributed by atoms with Crippen molar-refractivity contribution in [2.75, 3.05) is 13.2 Å². The summed E-state index contributed by atoms with van der Waals surface area (Å²) in [6, 6.07) is 17.6. The highest BCUT2D eigenvalue weighted by molar-refractivity contribution is 5.77. The Morgan fingerprint density at radius 1 is 1.21 bits per heavy atom. The molecule has 0 bridgehead atoms. The van der Waals surface area contributed by atoms with Crippen molar-refractivity contribution < 1.29 is 14.3 Å². The summed E-state index contributed by atoms with van der Waals surface area (Å²) in [4.78, 5) is 16.7. The Morgan fingerprint density at radius 2 is 2.00 bits per heavy atom. The number of nitrogens with one attached hydrogen (secondary N) is 1. The van der Waals surface area contributed by atoms with E-state index in [0.29, 0.717) is 25.4 Å². The van der Waals surface area contributed by atoms with E-state index >= 15 is 0 Å². The smallest absolute Gasteiger partial charge is 0.258 e. The summed E-state index contributed by atoms with van der Waals surface area (Å²) in [6.07, 6.45) is 1.96. The molecule has 0 radical (unpaired) electrons. The Kier molecular flexibility index (Phi) is 5.39. The summed E-state index contributed by atoms with van der Waals surface area (Å²) < 4.78 is 13.4. The first kappa shape index (κ1) is 18.3. The molecule has 0 saturated carbocycles. The van der Waals surface area contributed by atoms with Gasteiger partial charge in [-0.1, -0.05) is 48.0 Å². The molecule has 3 aromatic rings. The van der Waals surface area contributed by atoms with Gasteiger partial charge in [-0.25, -0.2) is 4.98 Å². The number of aromatic nitrogens is 2. The van der Waals surface area contributed by atoms with Crippen LogP contribution in [0.4, 0.5) is 0 Å². The summed E-state index contributed by atoms with van der Waals surface area (Å²) in [5.41, 5.74) is 3.26. The van der Waals surface area contributed by atoms with Gasteiger partial charge in [0.2, 0.25) is 0 Å². The van der Waals surface area contributed by atoms with E-state index in [2.05, 4.69) is 52.3 Å². The Labute approximate surface area is 164 Å². The minimum absolute atomic E-state index is 0.00929. The molecule has 1 aliphatic rings. The van der Waals surface area contributed by atoms with Crippen LogP contribution in [0.1, 0.15) is 11.4 Å². The van der Waals surface area contributed by atoms with E-state index in [4.69, 9.17) is 9.47 Å². The average molecular weight is 377 g/mol. The molecule has 2 heterocycles. The van der Waals surface area contributed by atoms with Crippen LogP contribution in [-0.2, 0) is 22.7 Å². The van der Waals surface area contributed by atoms with Crippen molar-refractivity contribution >= 4 is 5.91 Å². The molecule has 6 heteroatoms. The van der Waals surface area contributed by atoms with Crippen LogP contribution in [0.15, 0.2) is 60.8 Å². The number of amides is 1. The van der Waals surface area contributed by atoms with E-state index in [1.165, 1.54) is 5.56 Å². The van der Waals surface area contributed by atoms with Gasteiger partial charge in [-0.3, -0.25) is 4.79 Å². The van der Waals surface area contributed by atoms with Crippen LogP contribution in [0.5, 0.6) is 5.75 Å². The first-order valence-corrected chi connectivity index (χ1v) is 9.36. The van der Waals surface area contributed by atoms with Gasteiger partial charge in [0.05, 0.1) is 18.3 Å². The van der Waals surface area contributed by atoms with Gasteiger partial charge in [-0.2, -0.15) is 0 Å². The molecule has 0 fully saturated rings. The highest BCUT2D eigenvalue weighted by atomic mass is 16.5. The summed E-state index contributed by atoms with van der Waals surface area (Å²) in [6.45, 7) is 3.60. The number of nitrogens with zero attached hydrogens (tertiary/aromatic N) is 2. The van der Waals surface area contributed by atoms with Crippen molar-refractivity contribution in [3.05, 3.63) is 72.2 Å². The molecule has 1 aliphatic heterocycles. The van der Waals surface area contributed by atoms with Crippen LogP contribution in [0.25, 0.3) is 11.3 Å². The number of imidazole rings is 1.